The topological polar surface area (TPSA) is 58.5 Å². The quantitative estimate of drug-likeness (QED) is 0.718. The normalized spacial score (nSPS) is 22.3. The lowest BCUT2D eigenvalue weighted by Crippen LogP contribution is -2.51. The molecule has 2 aliphatic rings. The van der Waals surface area contributed by atoms with E-state index in [1.807, 2.05) is 24.1 Å². The van der Waals surface area contributed by atoms with E-state index in [9.17, 15) is 0 Å². The lowest BCUT2D eigenvalue weighted by Gasteiger charge is -2.35. The number of piperazine rings is 1. The van der Waals surface area contributed by atoms with Gasteiger partial charge in [0.25, 0.3) is 0 Å². The first kappa shape index (κ1) is 19.3. The van der Waals surface area contributed by atoms with Crippen molar-refractivity contribution in [2.45, 2.75) is 25.4 Å². The van der Waals surface area contributed by atoms with Gasteiger partial charge in [-0.05, 0) is 42.3 Å². The van der Waals surface area contributed by atoms with Crippen LogP contribution in [-0.2, 0) is 13.6 Å². The second-order valence-electron chi connectivity index (χ2n) is 8.63. The summed E-state index contributed by atoms with van der Waals surface area (Å²) < 4.78 is 8.02. The van der Waals surface area contributed by atoms with Crippen molar-refractivity contribution in [1.29, 1.82) is 0 Å². The average Bonchev–Trinajstić information content (AvgIpc) is 3.14. The Hall–Kier alpha value is -2.64. The maximum atomic E-state index is 6.19. The molecule has 2 atom stereocenters. The summed E-state index contributed by atoms with van der Waals surface area (Å²) in [5.74, 6) is 1.41. The van der Waals surface area contributed by atoms with E-state index in [2.05, 4.69) is 63.4 Å². The number of ether oxygens (including phenoxy) is 1. The number of hydrogen-bond acceptors (Lipinski definition) is 6. The molecule has 1 saturated heterocycles. The van der Waals surface area contributed by atoms with Gasteiger partial charge in [0.15, 0.2) is 5.65 Å². The van der Waals surface area contributed by atoms with E-state index in [-0.39, 0.29) is 0 Å². The molecule has 1 unspecified atom stereocenters. The van der Waals surface area contributed by atoms with Crippen LogP contribution in [0.2, 0.25) is 0 Å². The van der Waals surface area contributed by atoms with Crippen molar-refractivity contribution in [3.63, 3.8) is 0 Å². The van der Waals surface area contributed by atoms with Crippen LogP contribution in [0.1, 0.15) is 24.0 Å². The molecule has 0 spiro atoms. The van der Waals surface area contributed by atoms with Crippen molar-refractivity contribution in [2.75, 3.05) is 44.7 Å². The summed E-state index contributed by atoms with van der Waals surface area (Å²) >= 11 is 0. The van der Waals surface area contributed by atoms with E-state index in [0.717, 1.165) is 56.1 Å². The van der Waals surface area contributed by atoms with Gasteiger partial charge in [-0.2, -0.15) is 5.10 Å². The SMILES string of the molecule is C[C@H]1CN(c2ccnc3c2cnn3C)Cc2ccc(OCC3CNCCN3C)cc21. The minimum absolute atomic E-state index is 0.427. The zero-order chi connectivity index (χ0) is 20.7. The summed E-state index contributed by atoms with van der Waals surface area (Å²) in [5, 5.41) is 8.96. The third-order valence-corrected chi connectivity index (χ3v) is 6.54. The smallest absolute Gasteiger partial charge is 0.159 e. The van der Waals surface area contributed by atoms with Crippen molar-refractivity contribution in [1.82, 2.24) is 25.0 Å². The number of rotatable bonds is 4. The van der Waals surface area contributed by atoms with E-state index in [0.29, 0.717) is 12.0 Å². The molecule has 1 fully saturated rings. The Morgan fingerprint density at radius 2 is 2.13 bits per heavy atom. The van der Waals surface area contributed by atoms with Gasteiger partial charge in [0.1, 0.15) is 12.4 Å². The van der Waals surface area contributed by atoms with Crippen LogP contribution >= 0.6 is 0 Å². The number of aromatic nitrogens is 3. The number of aryl methyl sites for hydroxylation is 1. The maximum absolute atomic E-state index is 6.19. The van der Waals surface area contributed by atoms with Crippen LogP contribution in [0.5, 0.6) is 5.75 Å². The Morgan fingerprint density at radius 1 is 1.23 bits per heavy atom. The maximum Gasteiger partial charge on any atom is 0.159 e. The molecule has 5 rings (SSSR count). The van der Waals surface area contributed by atoms with Crippen molar-refractivity contribution >= 4 is 16.7 Å². The van der Waals surface area contributed by atoms with Crippen LogP contribution in [0, 0.1) is 0 Å². The Labute approximate surface area is 177 Å². The third-order valence-electron chi connectivity index (χ3n) is 6.54. The van der Waals surface area contributed by atoms with Crippen molar-refractivity contribution in [2.24, 2.45) is 7.05 Å². The fraction of sp³-hybridized carbons (Fsp3) is 0.478. The highest BCUT2D eigenvalue weighted by molar-refractivity contribution is 5.89. The molecule has 0 saturated carbocycles. The highest BCUT2D eigenvalue weighted by atomic mass is 16.5. The molecule has 2 aliphatic heterocycles. The van der Waals surface area contributed by atoms with Crippen LogP contribution in [-0.4, -0.2) is 65.5 Å². The van der Waals surface area contributed by atoms with E-state index in [4.69, 9.17) is 4.74 Å². The molecule has 30 heavy (non-hydrogen) atoms. The molecule has 0 amide bonds. The Morgan fingerprint density at radius 3 is 3.00 bits per heavy atom. The van der Waals surface area contributed by atoms with Gasteiger partial charge in [-0.25, -0.2) is 4.98 Å². The van der Waals surface area contributed by atoms with Gasteiger partial charge in [0.05, 0.1) is 23.3 Å². The molecular formula is C23H30N6O. The predicted octanol–water partition coefficient (Wildman–Crippen LogP) is 2.37. The molecule has 0 bridgehead atoms. The molecule has 2 aromatic heterocycles. The van der Waals surface area contributed by atoms with Crippen molar-refractivity contribution < 1.29 is 4.74 Å². The number of fused-ring (bicyclic) bond motifs is 2. The summed E-state index contributed by atoms with van der Waals surface area (Å²) in [7, 11) is 4.12. The van der Waals surface area contributed by atoms with Crippen molar-refractivity contribution in [3.8, 4) is 5.75 Å². The number of nitrogens with zero attached hydrogens (tertiary/aromatic N) is 5. The summed E-state index contributed by atoms with van der Waals surface area (Å²) in [4.78, 5) is 9.31. The lowest BCUT2D eigenvalue weighted by atomic mass is 9.90. The van der Waals surface area contributed by atoms with E-state index in [1.54, 1.807) is 0 Å². The molecule has 0 aliphatic carbocycles. The Bertz CT molecular complexity index is 1050. The van der Waals surface area contributed by atoms with Crippen LogP contribution in [0.25, 0.3) is 11.0 Å². The molecule has 0 radical (unpaired) electrons. The minimum atomic E-state index is 0.427. The van der Waals surface area contributed by atoms with Crippen molar-refractivity contribution in [3.05, 3.63) is 47.8 Å². The second kappa shape index (κ2) is 7.89. The largest absolute Gasteiger partial charge is 0.492 e. The number of benzene rings is 1. The molecule has 7 heteroatoms. The molecule has 158 valence electrons. The third kappa shape index (κ3) is 3.52. The van der Waals surface area contributed by atoms with Crippen LogP contribution in [0.4, 0.5) is 5.69 Å². The standard InChI is InChI=1S/C23H30N6O/c1-16-13-29(22-6-7-25-23-21(22)12-26-28(23)3)14-17-4-5-19(10-20(16)17)30-15-18-11-24-8-9-27(18)2/h4-7,10,12,16,18,24H,8-9,11,13-15H2,1-3H3/t16-,18?/m0/s1. The number of hydrogen-bond donors (Lipinski definition) is 1. The molecule has 1 aromatic carbocycles. The Balaban J connectivity index is 1.34. The van der Waals surface area contributed by atoms with Crippen LogP contribution < -0.4 is 15.0 Å². The predicted molar refractivity (Wildman–Crippen MR) is 119 cm³/mol. The van der Waals surface area contributed by atoms with Gasteiger partial charge in [-0.15, -0.1) is 0 Å². The van der Waals surface area contributed by atoms with Crippen LogP contribution in [0.3, 0.4) is 0 Å². The number of pyridine rings is 1. The first-order chi connectivity index (χ1) is 14.6. The fourth-order valence-electron chi connectivity index (χ4n) is 4.70. The van der Waals surface area contributed by atoms with Crippen LogP contribution in [0.15, 0.2) is 36.7 Å². The molecule has 1 N–H and O–H groups in total. The van der Waals surface area contributed by atoms with Gasteiger partial charge < -0.3 is 15.0 Å². The number of anilines is 1. The van der Waals surface area contributed by atoms with Gasteiger partial charge in [-0.3, -0.25) is 9.58 Å². The highest BCUT2D eigenvalue weighted by Gasteiger charge is 2.25. The average molecular weight is 407 g/mol. The molecule has 4 heterocycles. The molecule has 3 aromatic rings. The van der Waals surface area contributed by atoms with E-state index in [1.165, 1.54) is 16.8 Å². The summed E-state index contributed by atoms with van der Waals surface area (Å²) in [6, 6.07) is 9.14. The van der Waals surface area contributed by atoms with Gasteiger partial charge >= 0.3 is 0 Å². The molecule has 7 nitrogen and oxygen atoms in total. The molecular weight excluding hydrogens is 376 g/mol. The second-order valence-corrected chi connectivity index (χ2v) is 8.63. The number of nitrogens with one attached hydrogen (secondary N) is 1. The zero-order valence-corrected chi connectivity index (χ0v) is 18.0. The van der Waals surface area contributed by atoms with Gasteiger partial charge in [0, 0.05) is 46.0 Å². The number of likely N-dealkylation sites (N-methyl/N-ethyl adjacent to an activating group) is 1. The first-order valence-corrected chi connectivity index (χ1v) is 10.8. The minimum Gasteiger partial charge on any atom is -0.492 e. The fourth-order valence-corrected chi connectivity index (χ4v) is 4.70. The summed E-state index contributed by atoms with van der Waals surface area (Å²) in [6.07, 6.45) is 3.81. The first-order valence-electron chi connectivity index (χ1n) is 10.8. The summed E-state index contributed by atoms with van der Waals surface area (Å²) in [5.41, 5.74) is 4.90. The van der Waals surface area contributed by atoms with Gasteiger partial charge in [0.2, 0.25) is 0 Å². The van der Waals surface area contributed by atoms with E-state index >= 15 is 0 Å². The summed E-state index contributed by atoms with van der Waals surface area (Å²) in [6.45, 7) is 8.01. The zero-order valence-electron chi connectivity index (χ0n) is 18.0. The van der Waals surface area contributed by atoms with Gasteiger partial charge in [-0.1, -0.05) is 13.0 Å². The van der Waals surface area contributed by atoms with E-state index < -0.39 is 0 Å². The Kier molecular flexibility index (Phi) is 5.08. The highest BCUT2D eigenvalue weighted by Crippen LogP contribution is 2.35. The lowest BCUT2D eigenvalue weighted by molar-refractivity contribution is 0.136. The monoisotopic (exact) mass is 406 g/mol.